The van der Waals surface area contributed by atoms with Gasteiger partial charge in [-0.25, -0.2) is 0 Å². The van der Waals surface area contributed by atoms with Crippen molar-refractivity contribution in [2.75, 3.05) is 20.3 Å². The maximum atomic E-state index is 10.7. The number of carbonyl (C=O) groups excluding carboxylic acids is 1. The summed E-state index contributed by atoms with van der Waals surface area (Å²) in [6.07, 6.45) is 2.38. The van der Waals surface area contributed by atoms with Gasteiger partial charge in [0, 0.05) is 0 Å². The molecular formula is C8H16N2O. The van der Waals surface area contributed by atoms with Gasteiger partial charge in [0.1, 0.15) is 0 Å². The number of amides is 1. The summed E-state index contributed by atoms with van der Waals surface area (Å²) in [6.45, 7) is 7.05. The molecule has 0 saturated carbocycles. The van der Waals surface area contributed by atoms with Crippen LogP contribution in [0.15, 0.2) is 12.7 Å². The maximum absolute atomic E-state index is 10.7. The minimum Gasteiger partial charge on any atom is -0.340 e. The predicted octanol–water partition coefficient (Wildman–Crippen LogP) is 0.588. The molecule has 0 bridgehead atoms. The molecule has 0 aliphatic heterocycles. The third kappa shape index (κ3) is 5.61. The fourth-order valence-electron chi connectivity index (χ4n) is 0.746. The fourth-order valence-corrected chi connectivity index (χ4v) is 0.746. The van der Waals surface area contributed by atoms with Gasteiger partial charge in [-0.1, -0.05) is 13.5 Å². The molecule has 0 heterocycles. The summed E-state index contributed by atoms with van der Waals surface area (Å²) < 4.78 is 0. The molecule has 0 fully saturated rings. The first-order valence-corrected chi connectivity index (χ1v) is 3.79. The van der Waals surface area contributed by atoms with Gasteiger partial charge in [0.25, 0.3) is 0 Å². The van der Waals surface area contributed by atoms with Crippen LogP contribution >= 0.6 is 0 Å². The number of rotatable bonds is 5. The third-order valence-electron chi connectivity index (χ3n) is 1.31. The quantitative estimate of drug-likeness (QED) is 0.466. The second-order valence-corrected chi connectivity index (χ2v) is 2.48. The smallest absolute Gasteiger partial charge is 0.244 e. The van der Waals surface area contributed by atoms with Crippen molar-refractivity contribution in [3.05, 3.63) is 12.7 Å². The fraction of sp³-hybridized carbons (Fsp3) is 0.625. The largest absolute Gasteiger partial charge is 0.340 e. The van der Waals surface area contributed by atoms with Crippen molar-refractivity contribution in [1.29, 1.82) is 0 Å². The monoisotopic (exact) mass is 156 g/mol. The second-order valence-electron chi connectivity index (χ2n) is 2.48. The Morgan fingerprint density at radius 1 is 1.73 bits per heavy atom. The minimum absolute atomic E-state index is 0.118. The molecule has 3 nitrogen and oxygen atoms in total. The summed E-state index contributed by atoms with van der Waals surface area (Å²) in [7, 11) is 1.97. The highest BCUT2D eigenvalue weighted by atomic mass is 16.1. The summed E-state index contributed by atoms with van der Waals surface area (Å²) in [5.74, 6) is -0.118. The van der Waals surface area contributed by atoms with Crippen molar-refractivity contribution in [3.63, 3.8) is 0 Å². The minimum atomic E-state index is -0.118. The Morgan fingerprint density at radius 2 is 2.36 bits per heavy atom. The zero-order valence-electron chi connectivity index (χ0n) is 7.26. The molecule has 0 aromatic rings. The van der Waals surface area contributed by atoms with E-state index in [1.807, 2.05) is 11.9 Å². The zero-order valence-corrected chi connectivity index (χ0v) is 7.26. The lowest BCUT2D eigenvalue weighted by atomic mass is 10.4. The number of hydrogen-bond acceptors (Lipinski definition) is 2. The molecule has 11 heavy (non-hydrogen) atoms. The van der Waals surface area contributed by atoms with E-state index in [1.165, 1.54) is 6.08 Å². The third-order valence-corrected chi connectivity index (χ3v) is 1.31. The van der Waals surface area contributed by atoms with Crippen LogP contribution in [0.25, 0.3) is 0 Å². The molecule has 0 radical (unpaired) electrons. The van der Waals surface area contributed by atoms with Crippen LogP contribution < -0.4 is 5.32 Å². The van der Waals surface area contributed by atoms with Gasteiger partial charge in [0.05, 0.1) is 6.67 Å². The molecular weight excluding hydrogens is 140 g/mol. The Morgan fingerprint density at radius 3 is 2.82 bits per heavy atom. The van der Waals surface area contributed by atoms with Gasteiger partial charge in [-0.2, -0.15) is 0 Å². The lowest BCUT2D eigenvalue weighted by molar-refractivity contribution is -0.117. The summed E-state index contributed by atoms with van der Waals surface area (Å²) in [6, 6.07) is 0. The SMILES string of the molecule is C=CC(=O)NCN(C)CCC. The molecule has 1 N–H and O–H groups in total. The van der Waals surface area contributed by atoms with Gasteiger partial charge in [-0.05, 0) is 26.1 Å². The van der Waals surface area contributed by atoms with E-state index in [0.29, 0.717) is 6.67 Å². The van der Waals surface area contributed by atoms with Gasteiger partial charge in [0.2, 0.25) is 5.91 Å². The summed E-state index contributed by atoms with van der Waals surface area (Å²) in [5, 5.41) is 2.69. The van der Waals surface area contributed by atoms with Crippen molar-refractivity contribution in [1.82, 2.24) is 10.2 Å². The first-order valence-electron chi connectivity index (χ1n) is 3.79. The summed E-state index contributed by atoms with van der Waals surface area (Å²) in [4.78, 5) is 12.7. The molecule has 0 aliphatic carbocycles. The highest BCUT2D eigenvalue weighted by Crippen LogP contribution is 1.82. The van der Waals surface area contributed by atoms with Crippen LogP contribution in [0.1, 0.15) is 13.3 Å². The summed E-state index contributed by atoms with van der Waals surface area (Å²) in [5.41, 5.74) is 0. The average molecular weight is 156 g/mol. The molecule has 3 heteroatoms. The first-order chi connectivity index (χ1) is 5.20. The Hall–Kier alpha value is -0.830. The van der Waals surface area contributed by atoms with Crippen LogP contribution in [0.4, 0.5) is 0 Å². The number of carbonyl (C=O) groups is 1. The highest BCUT2D eigenvalue weighted by molar-refractivity contribution is 5.86. The molecule has 1 amide bonds. The van der Waals surface area contributed by atoms with Crippen LogP contribution in [-0.4, -0.2) is 31.1 Å². The van der Waals surface area contributed by atoms with E-state index in [1.54, 1.807) is 0 Å². The number of nitrogens with one attached hydrogen (secondary N) is 1. The Balaban J connectivity index is 3.37. The first kappa shape index (κ1) is 10.2. The lowest BCUT2D eigenvalue weighted by Gasteiger charge is -2.14. The van der Waals surface area contributed by atoms with Crippen molar-refractivity contribution >= 4 is 5.91 Å². The average Bonchev–Trinajstić information content (AvgIpc) is 2.01. The molecule has 0 spiro atoms. The molecule has 0 aliphatic rings. The van der Waals surface area contributed by atoms with Gasteiger partial charge >= 0.3 is 0 Å². The molecule has 64 valence electrons. The van der Waals surface area contributed by atoms with Crippen molar-refractivity contribution in [2.24, 2.45) is 0 Å². The van der Waals surface area contributed by atoms with E-state index in [0.717, 1.165) is 13.0 Å². The number of hydrogen-bond donors (Lipinski definition) is 1. The molecule has 0 saturated heterocycles. The zero-order chi connectivity index (χ0) is 8.69. The summed E-state index contributed by atoms with van der Waals surface area (Å²) >= 11 is 0. The van der Waals surface area contributed by atoms with E-state index in [2.05, 4.69) is 18.8 Å². The van der Waals surface area contributed by atoms with Gasteiger partial charge < -0.3 is 5.32 Å². The predicted molar refractivity (Wildman–Crippen MR) is 46.1 cm³/mol. The highest BCUT2D eigenvalue weighted by Gasteiger charge is 1.96. The molecule has 0 aromatic carbocycles. The molecule has 0 aromatic heterocycles. The van der Waals surface area contributed by atoms with E-state index >= 15 is 0 Å². The Kier molecular flexibility index (Phi) is 5.47. The second kappa shape index (κ2) is 5.92. The number of nitrogens with zero attached hydrogens (tertiary/aromatic N) is 1. The van der Waals surface area contributed by atoms with Crippen molar-refractivity contribution in [2.45, 2.75) is 13.3 Å². The molecule has 0 unspecified atom stereocenters. The Bertz CT molecular complexity index is 134. The van der Waals surface area contributed by atoms with Crippen LogP contribution in [0.3, 0.4) is 0 Å². The standard InChI is InChI=1S/C8H16N2O/c1-4-6-10(3)7-9-8(11)5-2/h5H,2,4,6-7H2,1,3H3,(H,9,11). The molecule has 0 rings (SSSR count). The van der Waals surface area contributed by atoms with Crippen molar-refractivity contribution in [3.8, 4) is 0 Å². The van der Waals surface area contributed by atoms with Gasteiger partial charge in [0.15, 0.2) is 0 Å². The van der Waals surface area contributed by atoms with Gasteiger partial charge in [-0.3, -0.25) is 9.69 Å². The van der Waals surface area contributed by atoms with Gasteiger partial charge in [-0.15, -0.1) is 0 Å². The van der Waals surface area contributed by atoms with E-state index < -0.39 is 0 Å². The lowest BCUT2D eigenvalue weighted by Crippen LogP contribution is -2.34. The normalized spacial score (nSPS) is 9.73. The van der Waals surface area contributed by atoms with E-state index in [9.17, 15) is 4.79 Å². The van der Waals surface area contributed by atoms with Crippen LogP contribution in [0.2, 0.25) is 0 Å². The maximum Gasteiger partial charge on any atom is 0.244 e. The van der Waals surface area contributed by atoms with Crippen molar-refractivity contribution < 1.29 is 4.79 Å². The van der Waals surface area contributed by atoms with E-state index in [-0.39, 0.29) is 5.91 Å². The Labute approximate surface area is 68.1 Å². The van der Waals surface area contributed by atoms with Crippen LogP contribution in [0, 0.1) is 0 Å². The van der Waals surface area contributed by atoms with Crippen LogP contribution in [-0.2, 0) is 4.79 Å². The van der Waals surface area contributed by atoms with Crippen LogP contribution in [0.5, 0.6) is 0 Å². The topological polar surface area (TPSA) is 32.3 Å². The molecule has 0 atom stereocenters. The van der Waals surface area contributed by atoms with E-state index in [4.69, 9.17) is 0 Å².